The number of carbonyl (C=O) groups is 1. The number of ether oxygens (including phenoxy) is 1. The highest BCUT2D eigenvalue weighted by Gasteiger charge is 2.51. The smallest absolute Gasteiger partial charge is 0.244 e. The van der Waals surface area contributed by atoms with Crippen LogP contribution in [0.3, 0.4) is 0 Å². The number of hydrogen-bond donors (Lipinski definition) is 0. The highest BCUT2D eigenvalue weighted by atomic mass is 32.2. The van der Waals surface area contributed by atoms with Crippen LogP contribution in [0.5, 0.6) is 0 Å². The molecular weight excluding hydrogens is 352 g/mol. The van der Waals surface area contributed by atoms with Crippen molar-refractivity contribution in [1.82, 2.24) is 9.21 Å². The molecule has 1 amide bonds. The van der Waals surface area contributed by atoms with E-state index < -0.39 is 16.1 Å². The first-order valence-electron chi connectivity index (χ1n) is 9.54. The average Bonchev–Trinajstić information content (AvgIpc) is 3.09. The van der Waals surface area contributed by atoms with Crippen molar-refractivity contribution < 1.29 is 17.9 Å². The Bertz CT molecular complexity index is 746. The number of fused-ring (bicyclic) bond motifs is 1. The Morgan fingerprint density at radius 1 is 1.04 bits per heavy atom. The van der Waals surface area contributed by atoms with Gasteiger partial charge in [-0.3, -0.25) is 4.79 Å². The average molecular weight is 378 g/mol. The fourth-order valence-corrected chi connectivity index (χ4v) is 6.57. The molecule has 0 aromatic heterocycles. The molecule has 142 valence electrons. The van der Waals surface area contributed by atoms with Gasteiger partial charge in [0.2, 0.25) is 15.9 Å². The van der Waals surface area contributed by atoms with Gasteiger partial charge >= 0.3 is 0 Å². The third-order valence-electron chi connectivity index (χ3n) is 5.96. The minimum absolute atomic E-state index is 0.0519. The van der Waals surface area contributed by atoms with Crippen molar-refractivity contribution in [3.63, 3.8) is 0 Å². The zero-order chi connectivity index (χ0) is 18.1. The van der Waals surface area contributed by atoms with Gasteiger partial charge in [0.05, 0.1) is 18.1 Å². The summed E-state index contributed by atoms with van der Waals surface area (Å²) in [6, 6.07) is 7.90. The van der Waals surface area contributed by atoms with Gasteiger partial charge in [0.1, 0.15) is 6.04 Å². The van der Waals surface area contributed by atoms with E-state index in [0.717, 1.165) is 25.7 Å². The Labute approximate surface area is 155 Å². The monoisotopic (exact) mass is 378 g/mol. The summed E-state index contributed by atoms with van der Waals surface area (Å²) in [7, 11) is -3.69. The lowest BCUT2D eigenvalue weighted by molar-refractivity contribution is -0.139. The number of nitrogens with zero attached hydrogens (tertiary/aromatic N) is 2. The van der Waals surface area contributed by atoms with E-state index in [-0.39, 0.29) is 22.8 Å². The second-order valence-corrected chi connectivity index (χ2v) is 9.29. The molecule has 1 aliphatic carbocycles. The summed E-state index contributed by atoms with van der Waals surface area (Å²) in [5.41, 5.74) is 0. The summed E-state index contributed by atoms with van der Waals surface area (Å²) in [5.74, 6) is 0.236. The Morgan fingerprint density at radius 3 is 2.46 bits per heavy atom. The highest BCUT2D eigenvalue weighted by molar-refractivity contribution is 7.89. The van der Waals surface area contributed by atoms with Crippen molar-refractivity contribution in [3.8, 4) is 0 Å². The van der Waals surface area contributed by atoms with Crippen molar-refractivity contribution in [3.05, 3.63) is 30.3 Å². The Kier molecular flexibility index (Phi) is 5.03. The lowest BCUT2D eigenvalue weighted by Crippen LogP contribution is -2.52. The van der Waals surface area contributed by atoms with Crippen LogP contribution in [0.4, 0.5) is 0 Å². The zero-order valence-corrected chi connectivity index (χ0v) is 15.7. The van der Waals surface area contributed by atoms with Crippen LogP contribution >= 0.6 is 0 Å². The van der Waals surface area contributed by atoms with E-state index >= 15 is 0 Å². The first-order chi connectivity index (χ1) is 12.6. The van der Waals surface area contributed by atoms with Crippen molar-refractivity contribution in [2.45, 2.75) is 49.1 Å². The van der Waals surface area contributed by atoms with Crippen LogP contribution in [-0.2, 0) is 19.6 Å². The van der Waals surface area contributed by atoms with E-state index in [1.165, 1.54) is 0 Å². The molecule has 7 heteroatoms. The second-order valence-electron chi connectivity index (χ2n) is 7.45. The predicted molar refractivity (Wildman–Crippen MR) is 97.0 cm³/mol. The molecule has 2 heterocycles. The van der Waals surface area contributed by atoms with Crippen molar-refractivity contribution in [1.29, 1.82) is 0 Å². The van der Waals surface area contributed by atoms with Crippen molar-refractivity contribution >= 4 is 15.9 Å². The van der Waals surface area contributed by atoms with Crippen LogP contribution in [0.15, 0.2) is 35.2 Å². The number of hydrogen-bond acceptors (Lipinski definition) is 4. The van der Waals surface area contributed by atoms with Crippen molar-refractivity contribution in [2.75, 3.05) is 26.3 Å². The summed E-state index contributed by atoms with van der Waals surface area (Å²) in [5, 5.41) is 0. The molecule has 6 nitrogen and oxygen atoms in total. The lowest BCUT2D eigenvalue weighted by atomic mass is 9.85. The number of amides is 1. The molecule has 3 atom stereocenters. The van der Waals surface area contributed by atoms with Crippen LogP contribution in [0.1, 0.15) is 32.1 Å². The molecule has 0 N–H and O–H groups in total. The first-order valence-corrected chi connectivity index (χ1v) is 11.0. The Morgan fingerprint density at radius 2 is 1.73 bits per heavy atom. The van der Waals surface area contributed by atoms with Gasteiger partial charge in [-0.25, -0.2) is 8.42 Å². The van der Waals surface area contributed by atoms with E-state index in [0.29, 0.717) is 32.7 Å². The van der Waals surface area contributed by atoms with Gasteiger partial charge in [0.15, 0.2) is 0 Å². The van der Waals surface area contributed by atoms with E-state index in [9.17, 15) is 13.2 Å². The maximum Gasteiger partial charge on any atom is 0.244 e. The molecule has 2 aliphatic heterocycles. The first kappa shape index (κ1) is 17.9. The molecule has 2 saturated heterocycles. The summed E-state index contributed by atoms with van der Waals surface area (Å²) < 4.78 is 33.7. The minimum Gasteiger partial charge on any atom is -0.378 e. The Balaban J connectivity index is 1.68. The SMILES string of the molecule is O=C([C@@H]1C[C@@H]2CCCC[C@@H]2N1S(=O)(=O)c1ccccc1)N1CCOCC1. The van der Waals surface area contributed by atoms with Crippen molar-refractivity contribution in [2.24, 2.45) is 5.92 Å². The van der Waals surface area contributed by atoms with Gasteiger partial charge in [-0.1, -0.05) is 31.0 Å². The standard InChI is InChI=1S/C19H26N2O4S/c22-19(20-10-12-25-13-11-20)18-14-15-6-4-5-9-17(15)21(18)26(23,24)16-7-2-1-3-8-16/h1-3,7-8,15,17-18H,4-6,9-14H2/t15-,17-,18-/m0/s1. The number of sulfonamides is 1. The molecule has 4 rings (SSSR count). The fraction of sp³-hybridized carbons (Fsp3) is 0.632. The number of rotatable bonds is 3. The summed E-state index contributed by atoms with van der Waals surface area (Å²) in [6.45, 7) is 2.14. The van der Waals surface area contributed by atoms with Gasteiger partial charge in [0.25, 0.3) is 0 Å². The summed E-state index contributed by atoms with van der Waals surface area (Å²) in [4.78, 5) is 15.3. The quantitative estimate of drug-likeness (QED) is 0.805. The zero-order valence-electron chi connectivity index (χ0n) is 14.9. The van der Waals surface area contributed by atoms with Crippen LogP contribution in [0.2, 0.25) is 0 Å². The van der Waals surface area contributed by atoms with Crippen LogP contribution < -0.4 is 0 Å². The molecule has 0 unspecified atom stereocenters. The third-order valence-corrected chi connectivity index (χ3v) is 7.90. The normalized spacial score (nSPS) is 30.2. The van der Waals surface area contributed by atoms with Gasteiger partial charge in [-0.05, 0) is 37.3 Å². The summed E-state index contributed by atoms with van der Waals surface area (Å²) >= 11 is 0. The maximum atomic E-state index is 13.4. The van der Waals surface area contributed by atoms with E-state index in [1.54, 1.807) is 33.5 Å². The highest BCUT2D eigenvalue weighted by Crippen LogP contribution is 2.43. The Hall–Kier alpha value is -1.44. The lowest BCUT2D eigenvalue weighted by Gasteiger charge is -2.35. The predicted octanol–water partition coefficient (Wildman–Crippen LogP) is 1.87. The molecule has 3 aliphatic rings. The minimum atomic E-state index is -3.69. The van der Waals surface area contributed by atoms with E-state index in [1.807, 2.05) is 6.07 Å². The van der Waals surface area contributed by atoms with Crippen LogP contribution in [0.25, 0.3) is 0 Å². The number of carbonyl (C=O) groups excluding carboxylic acids is 1. The van der Waals surface area contributed by atoms with Gasteiger partial charge in [-0.2, -0.15) is 4.31 Å². The summed E-state index contributed by atoms with van der Waals surface area (Å²) in [6.07, 6.45) is 4.66. The van der Waals surface area contributed by atoms with E-state index in [2.05, 4.69) is 0 Å². The van der Waals surface area contributed by atoms with Gasteiger partial charge < -0.3 is 9.64 Å². The molecule has 26 heavy (non-hydrogen) atoms. The largest absolute Gasteiger partial charge is 0.378 e. The molecule has 0 radical (unpaired) electrons. The number of morpholine rings is 1. The van der Waals surface area contributed by atoms with Crippen LogP contribution in [-0.4, -0.2) is 61.9 Å². The fourth-order valence-electron chi connectivity index (χ4n) is 4.68. The molecule has 3 fully saturated rings. The molecule has 0 spiro atoms. The maximum absolute atomic E-state index is 13.4. The molecule has 0 bridgehead atoms. The number of benzene rings is 1. The third kappa shape index (κ3) is 3.17. The molecule has 1 aromatic carbocycles. The van der Waals surface area contributed by atoms with Gasteiger partial charge in [0, 0.05) is 19.1 Å². The van der Waals surface area contributed by atoms with Crippen LogP contribution in [0, 0.1) is 5.92 Å². The topological polar surface area (TPSA) is 66.9 Å². The van der Waals surface area contributed by atoms with E-state index in [4.69, 9.17) is 4.74 Å². The molecule has 1 aromatic rings. The molecule has 1 saturated carbocycles. The molecular formula is C19H26N2O4S. The second kappa shape index (κ2) is 7.29. The van der Waals surface area contributed by atoms with Gasteiger partial charge in [-0.15, -0.1) is 0 Å².